The van der Waals surface area contributed by atoms with E-state index in [0.717, 1.165) is 34.1 Å². The zero-order valence-corrected chi connectivity index (χ0v) is 15.2. The van der Waals surface area contributed by atoms with Gasteiger partial charge in [0.1, 0.15) is 5.82 Å². The van der Waals surface area contributed by atoms with Crippen LogP contribution in [0.5, 0.6) is 0 Å². The zero-order chi connectivity index (χ0) is 16.8. The molecule has 0 spiro atoms. The fourth-order valence-corrected chi connectivity index (χ4v) is 3.95. The van der Waals surface area contributed by atoms with Crippen LogP contribution in [0.15, 0.2) is 18.2 Å². The predicted molar refractivity (Wildman–Crippen MR) is 96.1 cm³/mol. The summed E-state index contributed by atoms with van der Waals surface area (Å²) in [5.74, 6) is 2.61. The number of hydrogen-bond donors (Lipinski definition) is 1. The number of aromatic nitrogens is 2. The van der Waals surface area contributed by atoms with E-state index in [9.17, 15) is 4.79 Å². The minimum absolute atomic E-state index is 0.0677. The number of carbonyl (C=O) groups is 1. The van der Waals surface area contributed by atoms with Crippen LogP contribution in [0.2, 0.25) is 0 Å². The van der Waals surface area contributed by atoms with Gasteiger partial charge in [-0.1, -0.05) is 17.2 Å². The first kappa shape index (κ1) is 16.1. The first-order valence-corrected chi connectivity index (χ1v) is 9.00. The molecular formula is C18H23N3OS. The van der Waals surface area contributed by atoms with E-state index in [4.69, 9.17) is 5.10 Å². The summed E-state index contributed by atoms with van der Waals surface area (Å²) in [6.45, 7) is 10.3. The Kier molecular flexibility index (Phi) is 4.00. The molecule has 1 N–H and O–H groups in total. The van der Waals surface area contributed by atoms with E-state index < -0.39 is 0 Å². The van der Waals surface area contributed by atoms with Gasteiger partial charge in [0.05, 0.1) is 11.2 Å². The molecule has 0 aliphatic carbocycles. The van der Waals surface area contributed by atoms with E-state index >= 15 is 0 Å². The lowest BCUT2D eigenvalue weighted by Gasteiger charge is -2.23. The molecule has 23 heavy (non-hydrogen) atoms. The van der Waals surface area contributed by atoms with E-state index in [0.29, 0.717) is 5.56 Å². The molecule has 1 aromatic heterocycles. The Bertz CT molecular complexity index is 751. The summed E-state index contributed by atoms with van der Waals surface area (Å²) in [7, 11) is 0. The van der Waals surface area contributed by atoms with E-state index in [1.807, 2.05) is 42.4 Å². The van der Waals surface area contributed by atoms with Gasteiger partial charge in [0.25, 0.3) is 5.91 Å². The molecule has 0 atom stereocenters. The number of hydrogen-bond acceptors (Lipinski definition) is 3. The van der Waals surface area contributed by atoms with Gasteiger partial charge in [0, 0.05) is 22.6 Å². The summed E-state index contributed by atoms with van der Waals surface area (Å²) < 4.78 is 1.96. The van der Waals surface area contributed by atoms with Gasteiger partial charge in [-0.3, -0.25) is 4.79 Å². The lowest BCUT2D eigenvalue weighted by Crippen LogP contribution is -2.27. The molecule has 5 heteroatoms. The van der Waals surface area contributed by atoms with Crippen molar-refractivity contribution in [2.45, 2.75) is 51.7 Å². The Hall–Kier alpha value is -1.75. The van der Waals surface area contributed by atoms with Gasteiger partial charge in [-0.2, -0.15) is 16.9 Å². The summed E-state index contributed by atoms with van der Waals surface area (Å²) in [6.07, 6.45) is 0. The average Bonchev–Trinajstić information content (AvgIpc) is 2.99. The highest BCUT2D eigenvalue weighted by molar-refractivity contribution is 7.98. The van der Waals surface area contributed by atoms with Crippen molar-refractivity contribution in [3.63, 3.8) is 0 Å². The SMILES string of the molecule is Cc1cc(C)cc(C(=O)Nc2c3c(nn2C(C)(C)C)CSC3)c1. The second-order valence-electron chi connectivity index (χ2n) is 7.18. The molecule has 2 heterocycles. The Balaban J connectivity index is 1.98. The molecule has 4 nitrogen and oxygen atoms in total. The molecule has 2 aromatic rings. The minimum Gasteiger partial charge on any atom is -0.306 e. The molecule has 0 unspecified atom stereocenters. The minimum atomic E-state index is -0.167. The highest BCUT2D eigenvalue weighted by atomic mass is 32.2. The average molecular weight is 329 g/mol. The molecule has 0 saturated carbocycles. The van der Waals surface area contributed by atoms with Crippen molar-refractivity contribution in [1.82, 2.24) is 9.78 Å². The molecule has 3 rings (SSSR count). The summed E-state index contributed by atoms with van der Waals surface area (Å²) in [4.78, 5) is 12.7. The maximum absolute atomic E-state index is 12.7. The Morgan fingerprint density at radius 1 is 1.17 bits per heavy atom. The van der Waals surface area contributed by atoms with Gasteiger partial charge >= 0.3 is 0 Å². The van der Waals surface area contributed by atoms with E-state index in [-0.39, 0.29) is 11.4 Å². The van der Waals surface area contributed by atoms with Crippen molar-refractivity contribution in [2.24, 2.45) is 0 Å². The molecule has 1 aliphatic rings. The lowest BCUT2D eigenvalue weighted by atomic mass is 10.1. The number of anilines is 1. The van der Waals surface area contributed by atoms with Crippen molar-refractivity contribution in [2.75, 3.05) is 5.32 Å². The molecule has 0 radical (unpaired) electrons. The third-order valence-corrected chi connectivity index (χ3v) is 4.87. The fourth-order valence-electron chi connectivity index (χ4n) is 2.91. The normalized spacial score (nSPS) is 14.0. The molecule has 0 fully saturated rings. The smallest absolute Gasteiger partial charge is 0.256 e. The van der Waals surface area contributed by atoms with Crippen LogP contribution in [0, 0.1) is 13.8 Å². The van der Waals surface area contributed by atoms with Gasteiger partial charge < -0.3 is 5.32 Å². The van der Waals surface area contributed by atoms with Gasteiger partial charge in [0.15, 0.2) is 0 Å². The number of thioether (sulfide) groups is 1. The first-order valence-electron chi connectivity index (χ1n) is 7.84. The number of amides is 1. The van der Waals surface area contributed by atoms with Gasteiger partial charge in [-0.15, -0.1) is 0 Å². The zero-order valence-electron chi connectivity index (χ0n) is 14.4. The van der Waals surface area contributed by atoms with Crippen molar-refractivity contribution in [3.8, 4) is 0 Å². The van der Waals surface area contributed by atoms with Crippen LogP contribution in [0.1, 0.15) is 53.5 Å². The molecule has 1 aromatic carbocycles. The van der Waals surface area contributed by atoms with E-state index in [1.165, 1.54) is 5.56 Å². The summed E-state index contributed by atoms with van der Waals surface area (Å²) >= 11 is 1.84. The standard InChI is InChI=1S/C18H23N3OS/c1-11-6-12(2)8-13(7-11)17(22)19-16-14-9-23-10-15(14)20-21(16)18(3,4)5/h6-8H,9-10H2,1-5H3,(H,19,22). The predicted octanol–water partition coefficient (Wildman–Crippen LogP) is 4.25. The van der Waals surface area contributed by atoms with E-state index in [1.54, 1.807) is 0 Å². The Morgan fingerprint density at radius 2 is 1.83 bits per heavy atom. The molecular weight excluding hydrogens is 306 g/mol. The highest BCUT2D eigenvalue weighted by Crippen LogP contribution is 2.37. The van der Waals surface area contributed by atoms with Crippen LogP contribution in [0.25, 0.3) is 0 Å². The fraction of sp³-hybridized carbons (Fsp3) is 0.444. The number of nitrogens with one attached hydrogen (secondary N) is 1. The molecule has 0 saturated heterocycles. The quantitative estimate of drug-likeness (QED) is 0.896. The maximum atomic E-state index is 12.7. The second kappa shape index (κ2) is 5.71. The third kappa shape index (κ3) is 3.15. The molecule has 122 valence electrons. The van der Waals surface area contributed by atoms with Crippen LogP contribution in [0.3, 0.4) is 0 Å². The maximum Gasteiger partial charge on any atom is 0.256 e. The number of fused-ring (bicyclic) bond motifs is 1. The number of rotatable bonds is 2. The molecule has 1 amide bonds. The van der Waals surface area contributed by atoms with Crippen LogP contribution in [0.4, 0.5) is 5.82 Å². The van der Waals surface area contributed by atoms with Crippen molar-refractivity contribution >= 4 is 23.5 Å². The van der Waals surface area contributed by atoms with Crippen LogP contribution >= 0.6 is 11.8 Å². The summed E-state index contributed by atoms with van der Waals surface area (Å²) in [5.41, 5.74) is 4.99. The molecule has 0 bridgehead atoms. The summed E-state index contributed by atoms with van der Waals surface area (Å²) in [6, 6.07) is 5.93. The topological polar surface area (TPSA) is 46.9 Å². The number of aryl methyl sites for hydroxylation is 2. The number of benzene rings is 1. The monoisotopic (exact) mass is 329 g/mol. The van der Waals surface area contributed by atoms with Crippen molar-refractivity contribution in [3.05, 3.63) is 46.1 Å². The third-order valence-electron chi connectivity index (χ3n) is 3.90. The highest BCUT2D eigenvalue weighted by Gasteiger charge is 2.29. The first-order chi connectivity index (χ1) is 10.8. The molecule has 1 aliphatic heterocycles. The van der Waals surface area contributed by atoms with Crippen LogP contribution < -0.4 is 5.32 Å². The Labute approximate surface area is 141 Å². The van der Waals surface area contributed by atoms with Crippen molar-refractivity contribution in [1.29, 1.82) is 0 Å². The van der Waals surface area contributed by atoms with Crippen molar-refractivity contribution < 1.29 is 4.79 Å². The lowest BCUT2D eigenvalue weighted by molar-refractivity contribution is 0.102. The largest absolute Gasteiger partial charge is 0.306 e. The number of nitrogens with zero attached hydrogens (tertiary/aromatic N) is 2. The van der Waals surface area contributed by atoms with Gasteiger partial charge in [0.2, 0.25) is 0 Å². The Morgan fingerprint density at radius 3 is 2.43 bits per heavy atom. The number of carbonyl (C=O) groups excluding carboxylic acids is 1. The van der Waals surface area contributed by atoms with Gasteiger partial charge in [-0.05, 0) is 46.8 Å². The summed E-state index contributed by atoms with van der Waals surface area (Å²) in [5, 5.41) is 7.84. The van der Waals surface area contributed by atoms with Crippen LogP contribution in [-0.4, -0.2) is 15.7 Å². The van der Waals surface area contributed by atoms with Crippen LogP contribution in [-0.2, 0) is 17.0 Å². The van der Waals surface area contributed by atoms with E-state index in [2.05, 4.69) is 32.2 Å². The van der Waals surface area contributed by atoms with Gasteiger partial charge in [-0.25, -0.2) is 4.68 Å². The second-order valence-corrected chi connectivity index (χ2v) is 8.17.